The average molecular weight is 525 g/mol. The van der Waals surface area contributed by atoms with E-state index < -0.39 is 11.2 Å². The normalized spacial score (nSPS) is 51.4. The minimum atomic E-state index is -0.841. The summed E-state index contributed by atoms with van der Waals surface area (Å²) in [5, 5.41) is 20.9. The first kappa shape index (κ1) is 28.3. The van der Waals surface area contributed by atoms with Crippen LogP contribution in [-0.2, 0) is 23.7 Å². The Morgan fingerprint density at radius 3 is 1.14 bits per heavy atom. The second kappa shape index (κ2) is 9.12. The molecule has 37 heavy (non-hydrogen) atoms. The van der Waals surface area contributed by atoms with Gasteiger partial charge in [-0.1, -0.05) is 0 Å². The first-order valence-corrected chi connectivity index (χ1v) is 14.8. The summed E-state index contributed by atoms with van der Waals surface area (Å²) in [5.41, 5.74) is -3.10. The van der Waals surface area contributed by atoms with Crippen LogP contribution in [0.15, 0.2) is 0 Å². The lowest BCUT2D eigenvalue weighted by atomic mass is 9.89. The fourth-order valence-electron chi connectivity index (χ4n) is 7.78. The lowest BCUT2D eigenvalue weighted by molar-refractivity contribution is -0.214. The number of hydrogen-bond donors (Lipinski definition) is 2. The zero-order chi connectivity index (χ0) is 27.1. The summed E-state index contributed by atoms with van der Waals surface area (Å²) in [4.78, 5) is 0. The van der Waals surface area contributed by atoms with E-state index >= 15 is 0 Å². The highest BCUT2D eigenvalue weighted by Crippen LogP contribution is 2.51. The molecule has 0 bridgehead atoms. The average Bonchev–Trinajstić information content (AvgIpc) is 3.57. The molecular weight excluding hydrogens is 472 g/mol. The monoisotopic (exact) mass is 524 g/mol. The molecule has 0 amide bonds. The van der Waals surface area contributed by atoms with Crippen molar-refractivity contribution in [3.8, 4) is 0 Å². The van der Waals surface area contributed by atoms with Gasteiger partial charge in [0.2, 0.25) is 0 Å². The molecule has 5 rings (SSSR count). The Bertz CT molecular complexity index is 782. The maximum Gasteiger partial charge on any atom is 0.0921 e. The van der Waals surface area contributed by atoms with E-state index in [-0.39, 0.29) is 59.0 Å². The molecule has 0 aromatic heterocycles. The molecule has 5 aliphatic heterocycles. The number of ether oxygens (including phenoxy) is 5. The predicted molar refractivity (Wildman–Crippen MR) is 141 cm³/mol. The third kappa shape index (κ3) is 5.16. The van der Waals surface area contributed by atoms with E-state index in [0.29, 0.717) is 0 Å². The molecular formula is C30H52O7. The maximum absolute atomic E-state index is 10.5. The van der Waals surface area contributed by atoms with E-state index in [2.05, 4.69) is 27.7 Å². The van der Waals surface area contributed by atoms with E-state index in [4.69, 9.17) is 23.7 Å². The van der Waals surface area contributed by atoms with Gasteiger partial charge in [-0.05, 0) is 120 Å². The summed E-state index contributed by atoms with van der Waals surface area (Å²) in [6, 6.07) is 0. The fourth-order valence-corrected chi connectivity index (χ4v) is 7.78. The minimum absolute atomic E-state index is 0.0124. The third-order valence-electron chi connectivity index (χ3n) is 10.6. The van der Waals surface area contributed by atoms with Gasteiger partial charge in [0.1, 0.15) is 0 Å². The fraction of sp³-hybridized carbons (Fsp3) is 1.00. The Labute approximate surface area is 223 Å². The van der Waals surface area contributed by atoms with Crippen LogP contribution in [-0.4, -0.2) is 80.4 Å². The molecule has 0 saturated carbocycles. The zero-order valence-electron chi connectivity index (χ0n) is 24.5. The second-order valence-electron chi connectivity index (χ2n) is 14.8. The summed E-state index contributed by atoms with van der Waals surface area (Å²) in [6.07, 6.45) is 9.04. The Hall–Kier alpha value is -0.280. The van der Waals surface area contributed by atoms with Crippen molar-refractivity contribution in [3.63, 3.8) is 0 Å². The molecule has 0 radical (unpaired) electrons. The van der Waals surface area contributed by atoms with Crippen molar-refractivity contribution in [2.24, 2.45) is 0 Å². The summed E-state index contributed by atoms with van der Waals surface area (Å²) < 4.78 is 33.1. The van der Waals surface area contributed by atoms with Gasteiger partial charge < -0.3 is 33.9 Å². The van der Waals surface area contributed by atoms with Gasteiger partial charge in [-0.25, -0.2) is 0 Å². The van der Waals surface area contributed by atoms with Crippen molar-refractivity contribution in [1.29, 1.82) is 0 Å². The Balaban J connectivity index is 1.18. The second-order valence-corrected chi connectivity index (χ2v) is 14.8. The van der Waals surface area contributed by atoms with Gasteiger partial charge in [-0.15, -0.1) is 0 Å². The highest BCUT2D eigenvalue weighted by molar-refractivity contribution is 5.07. The molecule has 5 aliphatic rings. The predicted octanol–water partition coefficient (Wildman–Crippen LogP) is 4.83. The third-order valence-corrected chi connectivity index (χ3v) is 10.6. The van der Waals surface area contributed by atoms with E-state index in [1.165, 1.54) is 0 Å². The quantitative estimate of drug-likeness (QED) is 0.515. The highest BCUT2D eigenvalue weighted by atomic mass is 16.6. The van der Waals surface area contributed by atoms with Crippen LogP contribution in [0.5, 0.6) is 0 Å². The zero-order valence-corrected chi connectivity index (χ0v) is 24.5. The lowest BCUT2D eigenvalue weighted by Crippen LogP contribution is -2.48. The van der Waals surface area contributed by atoms with Crippen molar-refractivity contribution >= 4 is 0 Å². The topological polar surface area (TPSA) is 86.6 Å². The molecule has 5 fully saturated rings. The van der Waals surface area contributed by atoms with Gasteiger partial charge in [0.25, 0.3) is 0 Å². The molecule has 5 saturated heterocycles. The summed E-state index contributed by atoms with van der Waals surface area (Å²) in [7, 11) is 0. The van der Waals surface area contributed by atoms with Crippen LogP contribution >= 0.6 is 0 Å². The maximum atomic E-state index is 10.5. The molecule has 0 aromatic rings. The molecule has 0 aromatic carbocycles. The largest absolute Gasteiger partial charge is 0.388 e. The number of rotatable bonds is 6. The van der Waals surface area contributed by atoms with Crippen LogP contribution in [0.3, 0.4) is 0 Å². The van der Waals surface area contributed by atoms with Crippen molar-refractivity contribution in [3.05, 3.63) is 0 Å². The van der Waals surface area contributed by atoms with Crippen molar-refractivity contribution in [2.45, 2.75) is 190 Å². The molecule has 7 nitrogen and oxygen atoms in total. The van der Waals surface area contributed by atoms with Crippen molar-refractivity contribution < 1.29 is 33.9 Å². The molecule has 0 unspecified atom stereocenters. The van der Waals surface area contributed by atoms with E-state index in [9.17, 15) is 10.2 Å². The van der Waals surface area contributed by atoms with E-state index in [1.807, 2.05) is 27.7 Å². The number of aliphatic hydroxyl groups is 2. The van der Waals surface area contributed by atoms with Crippen LogP contribution in [0.4, 0.5) is 0 Å². The Kier molecular flexibility index (Phi) is 6.96. The smallest absolute Gasteiger partial charge is 0.0921 e. The minimum Gasteiger partial charge on any atom is -0.388 e. The van der Waals surface area contributed by atoms with Gasteiger partial charge in [0.15, 0.2) is 0 Å². The molecule has 5 heterocycles. The van der Waals surface area contributed by atoms with Crippen molar-refractivity contribution in [1.82, 2.24) is 0 Å². The summed E-state index contributed by atoms with van der Waals surface area (Å²) >= 11 is 0. The van der Waals surface area contributed by atoms with Gasteiger partial charge in [0.05, 0.1) is 70.2 Å². The molecule has 214 valence electrons. The van der Waals surface area contributed by atoms with Gasteiger partial charge in [-0.3, -0.25) is 0 Å². The SMILES string of the molecule is CC(C)(O)[C@@H]1CC[C@](C)([C@H]2CC[C@@](C)([C@@H]3CC[C@H]([C@@]4(C)CC[C@@H]([C@]5(C)CC[C@H](C(C)(C)O)O5)O4)O3)O2)O1. The molecule has 0 aliphatic carbocycles. The number of hydrogen-bond acceptors (Lipinski definition) is 7. The van der Waals surface area contributed by atoms with E-state index in [0.717, 1.165) is 64.2 Å². The van der Waals surface area contributed by atoms with Gasteiger partial charge in [0, 0.05) is 0 Å². The van der Waals surface area contributed by atoms with Crippen molar-refractivity contribution in [2.75, 3.05) is 0 Å². The van der Waals surface area contributed by atoms with Crippen LogP contribution in [0, 0.1) is 0 Å². The van der Waals surface area contributed by atoms with E-state index in [1.54, 1.807) is 0 Å². The Morgan fingerprint density at radius 2 is 0.811 bits per heavy atom. The standard InChI is InChI=1S/C30H52O7/c1-25(2,31)19-11-15-29(7,34-19)23-13-17-27(5,36-23)21-9-10-22(33-21)28(6)18-14-24(37-28)30(8)16-12-20(35-30)26(3,4)32/h19-24,31-32H,9-18H2,1-8H3/t19-,20+,21-,22+,23+,24-,27-,28+,29+,30-. The first-order valence-electron chi connectivity index (χ1n) is 14.8. The van der Waals surface area contributed by atoms with Crippen LogP contribution in [0.1, 0.15) is 120 Å². The van der Waals surface area contributed by atoms with Crippen LogP contribution in [0.25, 0.3) is 0 Å². The van der Waals surface area contributed by atoms with Crippen LogP contribution in [0.2, 0.25) is 0 Å². The molecule has 7 heteroatoms. The van der Waals surface area contributed by atoms with Gasteiger partial charge in [-0.2, -0.15) is 0 Å². The summed E-state index contributed by atoms with van der Waals surface area (Å²) in [5.74, 6) is 0. The highest BCUT2D eigenvalue weighted by Gasteiger charge is 2.58. The molecule has 2 N–H and O–H groups in total. The molecule has 0 spiro atoms. The lowest BCUT2D eigenvalue weighted by Gasteiger charge is -2.39. The first-order chi connectivity index (χ1) is 17.0. The van der Waals surface area contributed by atoms with Gasteiger partial charge >= 0.3 is 0 Å². The van der Waals surface area contributed by atoms with Crippen LogP contribution < -0.4 is 0 Å². The Morgan fingerprint density at radius 1 is 0.486 bits per heavy atom. The molecule has 10 atom stereocenters. The summed E-state index contributed by atoms with van der Waals surface area (Å²) in [6.45, 7) is 16.0.